The number of anilines is 1. The molecule has 0 radical (unpaired) electrons. The number of rotatable bonds is 4. The molecule has 1 aromatic heterocycles. The monoisotopic (exact) mass is 429 g/mol. The smallest absolute Gasteiger partial charge is 0.272 e. The van der Waals surface area contributed by atoms with Gasteiger partial charge in [-0.25, -0.2) is 9.98 Å². The molecule has 4 heterocycles. The van der Waals surface area contributed by atoms with Crippen molar-refractivity contribution in [2.45, 2.75) is 31.5 Å². The van der Waals surface area contributed by atoms with Crippen LogP contribution in [-0.2, 0) is 4.79 Å². The molecule has 162 valence electrons. The molecule has 2 amide bonds. The van der Waals surface area contributed by atoms with Crippen molar-refractivity contribution in [2.75, 3.05) is 31.6 Å². The lowest BCUT2D eigenvalue weighted by molar-refractivity contribution is -0.114. The van der Waals surface area contributed by atoms with Crippen LogP contribution < -0.4 is 10.2 Å². The van der Waals surface area contributed by atoms with Gasteiger partial charge in [-0.1, -0.05) is 0 Å². The summed E-state index contributed by atoms with van der Waals surface area (Å²) in [6.07, 6.45) is 6.75. The lowest BCUT2D eigenvalue weighted by Gasteiger charge is -2.36. The highest BCUT2D eigenvalue weighted by atomic mass is 16.2. The van der Waals surface area contributed by atoms with Crippen molar-refractivity contribution in [3.63, 3.8) is 0 Å². The maximum absolute atomic E-state index is 11.9. The Kier molecular flexibility index (Phi) is 4.94. The van der Waals surface area contributed by atoms with E-state index >= 15 is 0 Å². The zero-order valence-electron chi connectivity index (χ0n) is 17.9. The van der Waals surface area contributed by atoms with Crippen LogP contribution in [-0.4, -0.2) is 78.4 Å². The highest BCUT2D eigenvalue weighted by Crippen LogP contribution is 2.40. The van der Waals surface area contributed by atoms with Gasteiger partial charge in [0.05, 0.1) is 11.4 Å². The second kappa shape index (κ2) is 7.80. The zero-order chi connectivity index (χ0) is 22.4. The van der Waals surface area contributed by atoms with Crippen LogP contribution in [0.2, 0.25) is 0 Å². The van der Waals surface area contributed by atoms with Crippen LogP contribution in [0.5, 0.6) is 0 Å². The van der Waals surface area contributed by atoms with Crippen molar-refractivity contribution in [3.05, 3.63) is 46.8 Å². The van der Waals surface area contributed by atoms with Crippen LogP contribution in [0.1, 0.15) is 29.5 Å². The molecule has 2 fully saturated rings. The topological polar surface area (TPSA) is 114 Å². The molecule has 3 atom stereocenters. The van der Waals surface area contributed by atoms with E-state index in [4.69, 9.17) is 0 Å². The van der Waals surface area contributed by atoms with Gasteiger partial charge in [-0.15, -0.1) is 0 Å². The Morgan fingerprint density at radius 2 is 2.16 bits per heavy atom. The molecule has 0 aromatic carbocycles. The highest BCUT2D eigenvalue weighted by Gasteiger charge is 2.49. The van der Waals surface area contributed by atoms with E-state index in [-0.39, 0.29) is 29.2 Å². The summed E-state index contributed by atoms with van der Waals surface area (Å²) in [4.78, 5) is 41.4. The number of aromatic nitrogens is 1. The number of carbonyl (C=O) groups excluding carboxylic acids is 2. The van der Waals surface area contributed by atoms with E-state index in [1.807, 2.05) is 24.4 Å². The Balaban J connectivity index is 1.28. The third-order valence-electron chi connectivity index (χ3n) is 6.37. The van der Waals surface area contributed by atoms with Gasteiger partial charge in [0.2, 0.25) is 0 Å². The van der Waals surface area contributed by atoms with Crippen molar-refractivity contribution in [1.82, 2.24) is 15.2 Å². The molecule has 3 aliphatic heterocycles. The second-order valence-electron chi connectivity index (χ2n) is 8.42. The van der Waals surface area contributed by atoms with Gasteiger partial charge in [0.25, 0.3) is 11.8 Å². The number of carbonyl (C=O) groups is 2. The lowest BCUT2D eigenvalue weighted by atomic mass is 10.00. The number of nitrogens with one attached hydrogen (secondary N) is 1. The Morgan fingerprint density at radius 1 is 1.31 bits per heavy atom. The summed E-state index contributed by atoms with van der Waals surface area (Å²) < 4.78 is 0. The summed E-state index contributed by atoms with van der Waals surface area (Å²) in [5.74, 6) is -0.495. The number of dihydropyridines is 2. The minimum Gasteiger partial charge on any atom is -0.363 e. The number of nitrogens with zero attached hydrogens (tertiary/aromatic N) is 6. The predicted molar refractivity (Wildman–Crippen MR) is 120 cm³/mol. The molecule has 1 unspecified atom stereocenters. The van der Waals surface area contributed by atoms with E-state index in [0.717, 1.165) is 37.3 Å². The zero-order valence-corrected chi connectivity index (χ0v) is 17.9. The van der Waals surface area contributed by atoms with Crippen LogP contribution in [0.25, 0.3) is 0 Å². The third-order valence-corrected chi connectivity index (χ3v) is 6.37. The Bertz CT molecular complexity index is 1170. The minimum absolute atomic E-state index is 0.156. The number of piperazine rings is 1. The van der Waals surface area contributed by atoms with Gasteiger partial charge in [0.15, 0.2) is 5.69 Å². The molecule has 9 heteroatoms. The molecule has 1 aliphatic carbocycles. The van der Waals surface area contributed by atoms with Crippen LogP contribution in [0, 0.1) is 11.3 Å². The van der Waals surface area contributed by atoms with Crippen molar-refractivity contribution in [2.24, 2.45) is 9.98 Å². The summed E-state index contributed by atoms with van der Waals surface area (Å²) in [6.45, 7) is 4.12. The minimum atomic E-state index is -0.304. The SMILES string of the molecule is CNC(=O)c1ccc(N2CCN(CC3=CC4=NC(=O)C(C)=CC4N=C3)[C@H]3C[C@H]32)c(C#N)n1. The van der Waals surface area contributed by atoms with E-state index in [9.17, 15) is 14.9 Å². The molecule has 1 N–H and O–H groups in total. The van der Waals surface area contributed by atoms with E-state index in [2.05, 4.69) is 36.2 Å². The Hall–Kier alpha value is -3.64. The average Bonchev–Trinajstić information content (AvgIpc) is 3.61. The molecule has 9 nitrogen and oxygen atoms in total. The molecular formula is C23H23N7O2. The number of aliphatic imine (C=N–C) groups is 2. The first-order chi connectivity index (χ1) is 15.5. The van der Waals surface area contributed by atoms with Crippen LogP contribution in [0.15, 0.2) is 45.4 Å². The highest BCUT2D eigenvalue weighted by molar-refractivity contribution is 6.16. The van der Waals surface area contributed by atoms with E-state index in [1.165, 1.54) is 0 Å². The first-order valence-electron chi connectivity index (χ1n) is 10.7. The maximum atomic E-state index is 11.9. The molecule has 4 aliphatic rings. The normalized spacial score (nSPS) is 26.3. The number of fused-ring (bicyclic) bond motifs is 2. The number of nitriles is 1. The molecule has 1 aromatic rings. The molecule has 32 heavy (non-hydrogen) atoms. The Morgan fingerprint density at radius 3 is 2.94 bits per heavy atom. The van der Waals surface area contributed by atoms with Gasteiger partial charge < -0.3 is 10.2 Å². The standard InChI is InChI=1S/C23H23N7O2/c1-13-7-16-17(28-22(13)31)8-14(11-26-16)12-29-5-6-30(21-9-20(21)29)19-4-3-15(23(32)25-2)27-18(19)10-24/h3-4,7-8,11,16,20-21H,5-6,9,12H2,1-2H3,(H,25,32)/t16?,20-,21+/m0/s1. The summed E-state index contributed by atoms with van der Waals surface area (Å²) in [6, 6.07) is 6.18. The summed E-state index contributed by atoms with van der Waals surface area (Å²) in [7, 11) is 1.54. The largest absolute Gasteiger partial charge is 0.363 e. The number of amides is 2. The van der Waals surface area contributed by atoms with Gasteiger partial charge >= 0.3 is 0 Å². The fourth-order valence-electron chi connectivity index (χ4n) is 4.61. The lowest BCUT2D eigenvalue weighted by Crippen LogP contribution is -2.47. The van der Waals surface area contributed by atoms with Crippen molar-refractivity contribution < 1.29 is 9.59 Å². The maximum Gasteiger partial charge on any atom is 0.272 e. The summed E-state index contributed by atoms with van der Waals surface area (Å²) in [5.41, 5.74) is 3.71. The van der Waals surface area contributed by atoms with E-state index in [1.54, 1.807) is 20.0 Å². The second-order valence-corrected chi connectivity index (χ2v) is 8.42. The van der Waals surface area contributed by atoms with Gasteiger partial charge in [0, 0.05) is 50.6 Å². The molecular weight excluding hydrogens is 406 g/mol. The van der Waals surface area contributed by atoms with Crippen LogP contribution >= 0.6 is 0 Å². The van der Waals surface area contributed by atoms with Crippen LogP contribution in [0.4, 0.5) is 5.69 Å². The van der Waals surface area contributed by atoms with Gasteiger partial charge in [-0.05, 0) is 43.2 Å². The van der Waals surface area contributed by atoms with E-state index < -0.39 is 0 Å². The molecule has 1 saturated carbocycles. The van der Waals surface area contributed by atoms with Gasteiger partial charge in [0.1, 0.15) is 17.8 Å². The van der Waals surface area contributed by atoms with E-state index in [0.29, 0.717) is 23.4 Å². The number of hydrogen-bond donors (Lipinski definition) is 1. The number of pyridine rings is 1. The first kappa shape index (κ1) is 20.3. The fourth-order valence-corrected chi connectivity index (χ4v) is 4.61. The quantitative estimate of drug-likeness (QED) is 0.760. The molecule has 1 saturated heterocycles. The van der Waals surface area contributed by atoms with Gasteiger partial charge in [-0.2, -0.15) is 5.26 Å². The third kappa shape index (κ3) is 3.52. The average molecular weight is 429 g/mol. The predicted octanol–water partition coefficient (Wildman–Crippen LogP) is 0.883. The molecule has 0 spiro atoms. The van der Waals surface area contributed by atoms with Crippen LogP contribution in [0.3, 0.4) is 0 Å². The summed E-state index contributed by atoms with van der Waals surface area (Å²) in [5, 5.41) is 12.1. The molecule has 5 rings (SSSR count). The van der Waals surface area contributed by atoms with Crippen molar-refractivity contribution in [1.29, 1.82) is 5.26 Å². The number of hydrogen-bond acceptors (Lipinski definition) is 7. The Labute approximate surface area is 185 Å². The van der Waals surface area contributed by atoms with Crippen molar-refractivity contribution >= 4 is 29.4 Å². The summed E-state index contributed by atoms with van der Waals surface area (Å²) >= 11 is 0. The first-order valence-corrected chi connectivity index (χ1v) is 10.7. The molecule has 0 bridgehead atoms. The van der Waals surface area contributed by atoms with Gasteiger partial charge in [-0.3, -0.25) is 19.5 Å². The van der Waals surface area contributed by atoms with Crippen molar-refractivity contribution in [3.8, 4) is 6.07 Å². The fraction of sp³-hybridized carbons (Fsp3) is 0.391.